The van der Waals surface area contributed by atoms with Crippen LogP contribution < -0.4 is 0 Å². The fourth-order valence-electron chi connectivity index (χ4n) is 17.7. The Morgan fingerprint density at radius 3 is 1.48 bits per heavy atom. The molecule has 11 aliphatic rings. The molecule has 7 heterocycles. The van der Waals surface area contributed by atoms with Crippen LogP contribution in [-0.4, -0.2) is 315 Å². The molecule has 39 unspecified atom stereocenters. The second-order valence-corrected chi connectivity index (χ2v) is 27.4. The zero-order chi connectivity index (χ0) is 62.7. The van der Waals surface area contributed by atoms with Crippen molar-refractivity contribution in [2.75, 3.05) is 39.6 Å². The van der Waals surface area contributed by atoms with E-state index in [4.69, 9.17) is 56.8 Å². The van der Waals surface area contributed by atoms with E-state index in [1.54, 1.807) is 0 Å². The minimum atomic E-state index is -2.26. The molecule has 502 valence electrons. The van der Waals surface area contributed by atoms with E-state index >= 15 is 0 Å². The Hall–Kier alpha value is -1.20. The van der Waals surface area contributed by atoms with Crippen LogP contribution in [0.1, 0.15) is 79.1 Å². The van der Waals surface area contributed by atoms with Crippen LogP contribution in [0.4, 0.5) is 0 Å². The van der Waals surface area contributed by atoms with Crippen LogP contribution >= 0.6 is 0 Å². The maximum Gasteiger partial charge on any atom is 0.187 e. The SMILES string of the molecule is CC1CCC2(OC1)OC1CC3C4CC(O)C5CC(OC6OC(CO)C(OC7OC(CO)C(O)C(OC8OC(CO)C(O)C(O)C8O)C7OC7OC(CO)C(O)C(OC8OC(CO)C(O)C(O)C8O)C7O)C(O)C6O)C(O)CC5(C)C4CCC3(C)C1C2C. The molecule has 0 aromatic heterocycles. The molecule has 4 saturated carbocycles. The van der Waals surface area contributed by atoms with Crippen molar-refractivity contribution in [2.45, 2.75) is 263 Å². The normalized spacial score (nSPS) is 57.9. The van der Waals surface area contributed by atoms with Crippen molar-refractivity contribution in [2.24, 2.45) is 52.3 Å². The molecule has 0 bridgehead atoms. The van der Waals surface area contributed by atoms with E-state index in [1.807, 2.05) is 0 Å². The first-order valence-electron chi connectivity index (χ1n) is 31.0. The van der Waals surface area contributed by atoms with Gasteiger partial charge in [0.05, 0.1) is 64.1 Å². The molecule has 0 amide bonds. The van der Waals surface area contributed by atoms with Gasteiger partial charge >= 0.3 is 0 Å². The lowest BCUT2D eigenvalue weighted by molar-refractivity contribution is -0.412. The van der Waals surface area contributed by atoms with Crippen LogP contribution in [0.25, 0.3) is 0 Å². The van der Waals surface area contributed by atoms with Gasteiger partial charge in [0.25, 0.3) is 0 Å². The third-order valence-electron chi connectivity index (χ3n) is 22.6. The lowest BCUT2D eigenvalue weighted by Crippen LogP contribution is -2.69. The van der Waals surface area contributed by atoms with Gasteiger partial charge in [0, 0.05) is 12.3 Å². The van der Waals surface area contributed by atoms with Crippen molar-refractivity contribution >= 4 is 0 Å². The standard InChI is InChI=1S/C57H94O30/c1-19-5-8-57(76-18-19)20(2)34-28(87-57)10-23-21-9-25(63)24-11-27(26(64)12-56(24,4)22(21)6-7-55(23,34)3)77-50-44(74)41(71)46(33(17-62)82-50)83-54-49(48(38(68)32(16-61)81-54)85-52-43(73)40(70)36(66)30(14-59)79-52)86-53-45(75)47(37(67)31(15-60)80-53)84-51-42(72)39(69)35(65)29(13-58)78-51/h19-54,58-75H,5-18H2,1-4H3. The summed E-state index contributed by atoms with van der Waals surface area (Å²) >= 11 is 0. The molecule has 87 heavy (non-hydrogen) atoms. The van der Waals surface area contributed by atoms with E-state index < -0.39 is 216 Å². The minimum Gasteiger partial charge on any atom is -0.394 e. The lowest BCUT2D eigenvalue weighted by atomic mass is 9.43. The van der Waals surface area contributed by atoms with Gasteiger partial charge in [-0.05, 0) is 91.3 Å². The molecule has 18 N–H and O–H groups in total. The van der Waals surface area contributed by atoms with Crippen molar-refractivity contribution in [1.82, 2.24) is 0 Å². The highest BCUT2D eigenvalue weighted by Gasteiger charge is 2.71. The van der Waals surface area contributed by atoms with E-state index in [0.29, 0.717) is 24.9 Å². The first-order chi connectivity index (χ1) is 41.3. The van der Waals surface area contributed by atoms with Gasteiger partial charge in [0.15, 0.2) is 37.2 Å². The average Bonchev–Trinajstić information content (AvgIpc) is 1.59. The van der Waals surface area contributed by atoms with E-state index in [0.717, 1.165) is 32.1 Å². The fraction of sp³-hybridized carbons (Fsp3) is 1.00. The van der Waals surface area contributed by atoms with Crippen molar-refractivity contribution < 1.29 is 149 Å². The summed E-state index contributed by atoms with van der Waals surface area (Å²) in [7, 11) is 0. The molecule has 7 saturated heterocycles. The lowest BCUT2D eigenvalue weighted by Gasteiger charge is -2.63. The zero-order valence-electron chi connectivity index (χ0n) is 49.1. The molecular formula is C57H94O30. The summed E-state index contributed by atoms with van der Waals surface area (Å²) < 4.78 is 73.0. The van der Waals surface area contributed by atoms with Crippen LogP contribution in [0.15, 0.2) is 0 Å². The topological polar surface area (TPSA) is 475 Å². The van der Waals surface area contributed by atoms with E-state index in [1.165, 1.54) is 0 Å². The Morgan fingerprint density at radius 2 is 0.908 bits per heavy atom. The number of hydrogen-bond donors (Lipinski definition) is 18. The second-order valence-electron chi connectivity index (χ2n) is 27.4. The Morgan fingerprint density at radius 1 is 0.414 bits per heavy atom. The van der Waals surface area contributed by atoms with Crippen molar-refractivity contribution in [3.8, 4) is 0 Å². The zero-order valence-corrected chi connectivity index (χ0v) is 49.1. The van der Waals surface area contributed by atoms with Gasteiger partial charge in [0.1, 0.15) is 122 Å². The monoisotopic (exact) mass is 1260 g/mol. The number of hydrogen-bond acceptors (Lipinski definition) is 30. The maximum absolute atomic E-state index is 12.2. The minimum absolute atomic E-state index is 0.0338. The van der Waals surface area contributed by atoms with Gasteiger partial charge in [-0.2, -0.15) is 0 Å². The van der Waals surface area contributed by atoms with Crippen LogP contribution in [-0.2, 0) is 56.8 Å². The number of ether oxygens (including phenoxy) is 12. The van der Waals surface area contributed by atoms with E-state index in [9.17, 15) is 91.9 Å². The third-order valence-corrected chi connectivity index (χ3v) is 22.6. The van der Waals surface area contributed by atoms with E-state index in [2.05, 4.69) is 27.7 Å². The van der Waals surface area contributed by atoms with E-state index in [-0.39, 0.29) is 54.0 Å². The molecular weight excluding hydrogens is 1160 g/mol. The molecule has 11 rings (SSSR count). The van der Waals surface area contributed by atoms with Gasteiger partial charge in [-0.25, -0.2) is 0 Å². The van der Waals surface area contributed by atoms with Crippen LogP contribution in [0, 0.1) is 52.3 Å². The molecule has 30 heteroatoms. The second kappa shape index (κ2) is 26.2. The average molecular weight is 1260 g/mol. The Labute approximate surface area is 502 Å². The van der Waals surface area contributed by atoms with Crippen LogP contribution in [0.3, 0.4) is 0 Å². The number of rotatable bonds is 15. The summed E-state index contributed by atoms with van der Waals surface area (Å²) in [6.07, 6.45) is -46.2. The van der Waals surface area contributed by atoms with Gasteiger partial charge in [-0.3, -0.25) is 0 Å². The largest absolute Gasteiger partial charge is 0.394 e. The molecule has 0 aromatic carbocycles. The fourth-order valence-corrected chi connectivity index (χ4v) is 17.7. The Bertz CT molecular complexity index is 2270. The highest BCUT2D eigenvalue weighted by Crippen LogP contribution is 2.71. The first-order valence-corrected chi connectivity index (χ1v) is 31.0. The quantitative estimate of drug-likeness (QED) is 0.0678. The highest BCUT2D eigenvalue weighted by molar-refractivity contribution is 5.17. The summed E-state index contributed by atoms with van der Waals surface area (Å²) in [5.41, 5.74) is -0.554. The van der Waals surface area contributed by atoms with Gasteiger partial charge in [0.2, 0.25) is 0 Å². The molecule has 4 aliphatic carbocycles. The smallest absolute Gasteiger partial charge is 0.187 e. The van der Waals surface area contributed by atoms with Gasteiger partial charge in [-0.1, -0.05) is 27.7 Å². The summed E-state index contributed by atoms with van der Waals surface area (Å²) in [6, 6.07) is 0. The Kier molecular flexibility index (Phi) is 20.2. The maximum atomic E-state index is 12.2. The van der Waals surface area contributed by atoms with Crippen LogP contribution in [0.5, 0.6) is 0 Å². The number of fused-ring (bicyclic) bond motifs is 7. The predicted octanol–water partition coefficient (Wildman–Crippen LogP) is -7.14. The van der Waals surface area contributed by atoms with Gasteiger partial charge in [-0.15, -0.1) is 0 Å². The van der Waals surface area contributed by atoms with Crippen molar-refractivity contribution in [3.05, 3.63) is 0 Å². The molecule has 39 atom stereocenters. The first kappa shape index (κ1) is 67.2. The molecule has 1 spiro atoms. The number of aliphatic hydroxyl groups is 18. The molecule has 7 aliphatic heterocycles. The molecule has 30 nitrogen and oxygen atoms in total. The predicted molar refractivity (Wildman–Crippen MR) is 284 cm³/mol. The summed E-state index contributed by atoms with van der Waals surface area (Å²) in [6.45, 7) is 4.85. The summed E-state index contributed by atoms with van der Waals surface area (Å²) in [5.74, 6) is 0.680. The summed E-state index contributed by atoms with van der Waals surface area (Å²) in [5, 5.41) is 199. The highest BCUT2D eigenvalue weighted by atomic mass is 16.8. The molecule has 0 aromatic rings. The Balaban J connectivity index is 0.810. The third kappa shape index (κ3) is 11.7. The number of aliphatic hydroxyl groups excluding tert-OH is 18. The summed E-state index contributed by atoms with van der Waals surface area (Å²) in [4.78, 5) is 0. The molecule has 0 radical (unpaired) electrons. The van der Waals surface area contributed by atoms with Crippen LogP contribution in [0.2, 0.25) is 0 Å². The van der Waals surface area contributed by atoms with Gasteiger partial charge < -0.3 is 149 Å². The molecule has 11 fully saturated rings. The van der Waals surface area contributed by atoms with Crippen molar-refractivity contribution in [1.29, 1.82) is 0 Å². The van der Waals surface area contributed by atoms with Crippen molar-refractivity contribution in [3.63, 3.8) is 0 Å².